The molecule has 1 aromatic carbocycles. The van der Waals surface area contributed by atoms with Gasteiger partial charge in [-0.2, -0.15) is 0 Å². The molecule has 2 amide bonds. The first-order valence-electron chi connectivity index (χ1n) is 10.5. The highest BCUT2D eigenvalue weighted by Gasteiger charge is 2.51. The van der Waals surface area contributed by atoms with Crippen molar-refractivity contribution in [2.24, 2.45) is 0 Å². The Balaban J connectivity index is 1.95. The number of likely N-dealkylation sites (tertiary alicyclic amines) is 1. The number of aliphatic hydroxyl groups excluding tert-OH is 1. The van der Waals surface area contributed by atoms with Gasteiger partial charge in [-0.05, 0) is 51.3 Å². The number of hydrogen-bond acceptors (Lipinski definition) is 7. The zero-order valence-corrected chi connectivity index (χ0v) is 19.7. The molecule has 2 aliphatic rings. The number of benzene rings is 1. The second-order valence-corrected chi connectivity index (χ2v) is 9.49. The average Bonchev–Trinajstić information content (AvgIpc) is 2.75. The van der Waals surface area contributed by atoms with E-state index >= 15 is 0 Å². The van der Waals surface area contributed by atoms with E-state index in [-0.39, 0.29) is 31.5 Å². The second-order valence-electron chi connectivity index (χ2n) is 9.05. The van der Waals surface area contributed by atoms with Crippen molar-refractivity contribution in [3.63, 3.8) is 0 Å². The summed E-state index contributed by atoms with van der Waals surface area (Å²) in [7, 11) is 1.17. The van der Waals surface area contributed by atoms with Crippen molar-refractivity contribution in [3.05, 3.63) is 39.9 Å². The number of nitrogens with zero attached hydrogens (tertiary/aromatic N) is 1. The maximum atomic E-state index is 13.7. The lowest BCUT2D eigenvalue weighted by Crippen LogP contribution is -2.53. The molecule has 2 N–H and O–H groups in total. The predicted octanol–water partition coefficient (Wildman–Crippen LogP) is 2.75. The molecule has 1 spiro atoms. The van der Waals surface area contributed by atoms with E-state index in [1.807, 2.05) is 0 Å². The van der Waals surface area contributed by atoms with Crippen molar-refractivity contribution in [3.8, 4) is 0 Å². The first-order valence-corrected chi connectivity index (χ1v) is 10.9. The lowest BCUT2D eigenvalue weighted by molar-refractivity contribution is -0.141. The van der Waals surface area contributed by atoms with Crippen LogP contribution in [0.2, 0.25) is 5.02 Å². The van der Waals surface area contributed by atoms with Crippen LogP contribution >= 0.6 is 11.6 Å². The number of piperidine rings is 1. The largest absolute Gasteiger partial charge is 0.506 e. The summed E-state index contributed by atoms with van der Waals surface area (Å²) in [6.07, 6.45) is -0.0342. The number of ketones is 1. The molecule has 9 nitrogen and oxygen atoms in total. The maximum absolute atomic E-state index is 13.7. The minimum atomic E-state index is -1.14. The molecule has 1 heterocycles. The first-order chi connectivity index (χ1) is 15.4. The van der Waals surface area contributed by atoms with Crippen LogP contribution in [-0.2, 0) is 29.3 Å². The monoisotopic (exact) mass is 478 g/mol. The van der Waals surface area contributed by atoms with Crippen LogP contribution in [0.3, 0.4) is 0 Å². The normalized spacial score (nSPS) is 17.5. The number of aliphatic hydroxyl groups is 1. The summed E-state index contributed by atoms with van der Waals surface area (Å²) in [4.78, 5) is 51.9. The van der Waals surface area contributed by atoms with E-state index in [9.17, 15) is 24.3 Å². The van der Waals surface area contributed by atoms with Crippen molar-refractivity contribution in [2.45, 2.75) is 44.6 Å². The zero-order chi connectivity index (χ0) is 24.6. The molecule has 33 heavy (non-hydrogen) atoms. The Labute approximate surface area is 196 Å². The van der Waals surface area contributed by atoms with Crippen LogP contribution in [0.15, 0.2) is 23.8 Å². The summed E-state index contributed by atoms with van der Waals surface area (Å²) >= 11 is 6.13. The fourth-order valence-electron chi connectivity index (χ4n) is 4.15. The number of amides is 2. The lowest BCUT2D eigenvalue weighted by Gasteiger charge is -2.44. The number of carbonyl (C=O) groups is 4. The number of carbonyl (C=O) groups excluding carboxylic acids is 4. The molecule has 0 unspecified atom stereocenters. The van der Waals surface area contributed by atoms with Crippen molar-refractivity contribution in [2.75, 3.05) is 26.7 Å². The minimum absolute atomic E-state index is 0.223. The van der Waals surface area contributed by atoms with Gasteiger partial charge in [0, 0.05) is 23.7 Å². The molecule has 0 saturated carbocycles. The van der Waals surface area contributed by atoms with E-state index in [2.05, 4.69) is 10.1 Å². The lowest BCUT2D eigenvalue weighted by atomic mass is 9.63. The van der Waals surface area contributed by atoms with E-state index in [1.165, 1.54) is 18.1 Å². The number of esters is 1. The molecule has 10 heteroatoms. The number of Topliss-reactive ketones (excluding diaryl/α,β-unsaturated/α-hetero) is 1. The molecule has 1 aliphatic heterocycles. The van der Waals surface area contributed by atoms with Crippen LogP contribution in [0.5, 0.6) is 0 Å². The topological polar surface area (TPSA) is 122 Å². The van der Waals surface area contributed by atoms with Gasteiger partial charge < -0.3 is 24.8 Å². The zero-order valence-electron chi connectivity index (χ0n) is 19.0. The highest BCUT2D eigenvalue weighted by Crippen LogP contribution is 2.46. The molecule has 1 aromatic rings. The molecule has 0 bridgehead atoms. The van der Waals surface area contributed by atoms with Gasteiger partial charge in [0.1, 0.15) is 23.5 Å². The molecule has 0 atom stereocenters. The number of halogens is 1. The van der Waals surface area contributed by atoms with Crippen molar-refractivity contribution in [1.82, 2.24) is 10.2 Å². The number of hydrogen-bond donors (Lipinski definition) is 2. The Hall–Kier alpha value is -3.07. The smallest absolute Gasteiger partial charge is 0.410 e. The van der Waals surface area contributed by atoms with E-state index in [0.717, 1.165) is 0 Å². The van der Waals surface area contributed by atoms with Crippen molar-refractivity contribution < 1.29 is 33.8 Å². The van der Waals surface area contributed by atoms with Crippen LogP contribution < -0.4 is 5.32 Å². The molecular formula is C23H27ClN2O7. The standard InChI is InChI=1S/C23H27ClN2O7/c1-22(2,3)33-21(31)26-9-7-23(8-10-26)15-6-5-13(24)11-14(15)18(28)17(19(23)29)20(30)25-12-16(27)32-4/h5-6,11,28H,7-10,12H2,1-4H3,(H,25,30). The van der Waals surface area contributed by atoms with Gasteiger partial charge in [0.05, 0.1) is 12.5 Å². The van der Waals surface area contributed by atoms with E-state index in [4.69, 9.17) is 16.3 Å². The van der Waals surface area contributed by atoms with Crippen LogP contribution in [0.1, 0.15) is 44.7 Å². The Bertz CT molecular complexity index is 1030. The van der Waals surface area contributed by atoms with Crippen LogP contribution in [0.25, 0.3) is 5.76 Å². The van der Waals surface area contributed by atoms with E-state index < -0.39 is 52.6 Å². The fourth-order valence-corrected chi connectivity index (χ4v) is 4.32. The summed E-state index contributed by atoms with van der Waals surface area (Å²) < 4.78 is 9.94. The Morgan fingerprint density at radius 1 is 1.21 bits per heavy atom. The number of rotatable bonds is 3. The average molecular weight is 479 g/mol. The Morgan fingerprint density at radius 2 is 1.85 bits per heavy atom. The van der Waals surface area contributed by atoms with Crippen LogP contribution in [0, 0.1) is 0 Å². The third kappa shape index (κ3) is 4.83. The highest BCUT2D eigenvalue weighted by molar-refractivity contribution is 6.32. The molecule has 1 aliphatic carbocycles. The van der Waals surface area contributed by atoms with Gasteiger partial charge in [0.2, 0.25) is 0 Å². The number of nitrogens with one attached hydrogen (secondary N) is 1. The predicted molar refractivity (Wildman–Crippen MR) is 120 cm³/mol. The van der Waals surface area contributed by atoms with Gasteiger partial charge >= 0.3 is 12.1 Å². The summed E-state index contributed by atoms with van der Waals surface area (Å²) in [5, 5.41) is 13.5. The van der Waals surface area contributed by atoms with E-state index in [1.54, 1.807) is 32.9 Å². The maximum Gasteiger partial charge on any atom is 0.410 e. The summed E-state index contributed by atoms with van der Waals surface area (Å²) in [5.41, 5.74) is -1.42. The van der Waals surface area contributed by atoms with Gasteiger partial charge in [0.25, 0.3) is 5.91 Å². The first kappa shape index (κ1) is 24.6. The minimum Gasteiger partial charge on any atom is -0.506 e. The number of fused-ring (bicyclic) bond motifs is 2. The van der Waals surface area contributed by atoms with Gasteiger partial charge in [0.15, 0.2) is 5.78 Å². The quantitative estimate of drug-likeness (QED) is 0.506. The third-order valence-corrected chi connectivity index (χ3v) is 6.00. The van der Waals surface area contributed by atoms with Crippen LogP contribution in [-0.4, -0.2) is 66.1 Å². The van der Waals surface area contributed by atoms with E-state index in [0.29, 0.717) is 10.6 Å². The Morgan fingerprint density at radius 3 is 2.42 bits per heavy atom. The molecule has 0 radical (unpaired) electrons. The summed E-state index contributed by atoms with van der Waals surface area (Å²) in [6, 6.07) is 4.78. The molecule has 0 aromatic heterocycles. The number of ether oxygens (including phenoxy) is 2. The van der Waals surface area contributed by atoms with Crippen molar-refractivity contribution in [1.29, 1.82) is 0 Å². The fraction of sp³-hybridized carbons (Fsp3) is 0.478. The molecule has 1 saturated heterocycles. The molecule has 178 valence electrons. The second kappa shape index (κ2) is 9.05. The van der Waals surface area contributed by atoms with Gasteiger partial charge in [-0.25, -0.2) is 4.79 Å². The number of methoxy groups -OCH3 is 1. The highest BCUT2D eigenvalue weighted by atomic mass is 35.5. The van der Waals surface area contributed by atoms with Gasteiger partial charge in [-0.1, -0.05) is 17.7 Å². The third-order valence-electron chi connectivity index (χ3n) is 5.77. The van der Waals surface area contributed by atoms with Crippen LogP contribution in [0.4, 0.5) is 4.79 Å². The Kier molecular flexibility index (Phi) is 6.74. The molecule has 3 rings (SSSR count). The molecule has 1 fully saturated rings. The molecular weight excluding hydrogens is 452 g/mol. The van der Waals surface area contributed by atoms with Gasteiger partial charge in [-0.3, -0.25) is 14.4 Å². The van der Waals surface area contributed by atoms with Crippen molar-refractivity contribution >= 4 is 41.1 Å². The SMILES string of the molecule is COC(=O)CNC(=O)C1=C(O)c2cc(Cl)ccc2C2(CCN(C(=O)OC(C)(C)C)CC2)C1=O. The van der Waals surface area contributed by atoms with Gasteiger partial charge in [-0.15, -0.1) is 0 Å². The summed E-state index contributed by atoms with van der Waals surface area (Å²) in [5.74, 6) is -2.65. The summed E-state index contributed by atoms with van der Waals surface area (Å²) in [6.45, 7) is 5.30.